The smallest absolute Gasteiger partial charge is 0.425 e. The molecular weight excluding hydrogens is 257 g/mol. The molecule has 1 atom stereocenters. The van der Waals surface area contributed by atoms with Crippen LogP contribution >= 0.6 is 0 Å². The Bertz CT molecular complexity index is 353. The number of halogens is 3. The van der Waals surface area contributed by atoms with Crippen LogP contribution < -0.4 is 0 Å². The molecule has 0 aromatic rings. The summed E-state index contributed by atoms with van der Waals surface area (Å²) in [5.74, 6) is 0.983. The zero-order valence-corrected chi connectivity index (χ0v) is 11.0. The Hall–Kier alpha value is -0.740. The number of hydrogen-bond acceptors (Lipinski definition) is 2. The minimum atomic E-state index is -4.46. The molecule has 0 aromatic carbocycles. The van der Waals surface area contributed by atoms with E-state index >= 15 is 0 Å². The Morgan fingerprint density at radius 2 is 1.53 bits per heavy atom. The first-order chi connectivity index (χ1) is 8.78. The van der Waals surface area contributed by atoms with Crippen molar-refractivity contribution >= 4 is 5.97 Å². The van der Waals surface area contributed by atoms with Gasteiger partial charge in [-0.15, -0.1) is 0 Å². The minimum absolute atomic E-state index is 0.528. The van der Waals surface area contributed by atoms with Crippen LogP contribution in [0.25, 0.3) is 0 Å². The quantitative estimate of drug-likeness (QED) is 0.719. The second kappa shape index (κ2) is 4.13. The number of ether oxygens (including phenoxy) is 1. The lowest BCUT2D eigenvalue weighted by Crippen LogP contribution is -2.51. The van der Waals surface area contributed by atoms with Crippen molar-refractivity contribution in [3.05, 3.63) is 0 Å². The van der Waals surface area contributed by atoms with Gasteiger partial charge in [0.05, 0.1) is 5.41 Å². The van der Waals surface area contributed by atoms with Crippen LogP contribution in [0.5, 0.6) is 0 Å². The third-order valence-corrected chi connectivity index (χ3v) is 5.22. The summed E-state index contributed by atoms with van der Waals surface area (Å²) in [4.78, 5) is 12.2. The SMILES string of the molecule is CC(OC(=O)C12CC3CC(CC(C3)C1)C2)C(F)(F)F. The van der Waals surface area contributed by atoms with Gasteiger partial charge in [-0.05, 0) is 63.2 Å². The first-order valence-electron chi connectivity index (χ1n) is 7.06. The molecule has 4 fully saturated rings. The lowest BCUT2D eigenvalue weighted by molar-refractivity contribution is -0.227. The van der Waals surface area contributed by atoms with Crippen LogP contribution in [0.1, 0.15) is 45.4 Å². The highest BCUT2D eigenvalue weighted by Crippen LogP contribution is 2.60. The second-order valence-electron chi connectivity index (χ2n) is 6.79. The molecule has 5 heteroatoms. The second-order valence-corrected chi connectivity index (χ2v) is 6.79. The molecule has 19 heavy (non-hydrogen) atoms. The van der Waals surface area contributed by atoms with E-state index in [2.05, 4.69) is 0 Å². The summed E-state index contributed by atoms with van der Waals surface area (Å²) in [5, 5.41) is 0. The van der Waals surface area contributed by atoms with Crippen molar-refractivity contribution < 1.29 is 22.7 Å². The molecule has 4 aliphatic carbocycles. The summed E-state index contributed by atoms with van der Waals surface area (Å²) >= 11 is 0. The molecule has 4 bridgehead atoms. The van der Waals surface area contributed by atoms with E-state index in [1.807, 2.05) is 0 Å². The summed E-state index contributed by atoms with van der Waals surface area (Å²) in [5.41, 5.74) is -0.603. The van der Waals surface area contributed by atoms with Gasteiger partial charge < -0.3 is 4.74 Å². The number of carbonyl (C=O) groups excluding carboxylic acids is 1. The van der Waals surface area contributed by atoms with E-state index in [1.165, 1.54) is 0 Å². The Balaban J connectivity index is 1.73. The summed E-state index contributed by atoms with van der Waals surface area (Å²) in [6.45, 7) is 0.915. The van der Waals surface area contributed by atoms with Crippen molar-refractivity contribution in [1.82, 2.24) is 0 Å². The lowest BCUT2D eigenvalue weighted by Gasteiger charge is -2.55. The summed E-state index contributed by atoms with van der Waals surface area (Å²) in [6.07, 6.45) is -0.775. The fourth-order valence-corrected chi connectivity index (χ4v) is 4.71. The zero-order valence-electron chi connectivity index (χ0n) is 11.0. The van der Waals surface area contributed by atoms with Crippen molar-refractivity contribution in [3.63, 3.8) is 0 Å². The van der Waals surface area contributed by atoms with Crippen LogP contribution in [-0.4, -0.2) is 18.2 Å². The molecular formula is C14H19F3O2. The maximum absolute atomic E-state index is 12.5. The van der Waals surface area contributed by atoms with E-state index in [4.69, 9.17) is 4.74 Å². The van der Waals surface area contributed by atoms with E-state index in [-0.39, 0.29) is 0 Å². The third-order valence-electron chi connectivity index (χ3n) is 5.22. The molecule has 0 saturated heterocycles. The highest BCUT2D eigenvalue weighted by atomic mass is 19.4. The Morgan fingerprint density at radius 3 is 1.89 bits per heavy atom. The van der Waals surface area contributed by atoms with Crippen LogP contribution in [0.2, 0.25) is 0 Å². The molecule has 0 heterocycles. The third kappa shape index (κ3) is 2.25. The number of hydrogen-bond donors (Lipinski definition) is 0. The summed E-state index contributed by atoms with van der Waals surface area (Å²) in [7, 11) is 0. The molecule has 0 aromatic heterocycles. The van der Waals surface area contributed by atoms with E-state index in [9.17, 15) is 18.0 Å². The van der Waals surface area contributed by atoms with Crippen LogP contribution in [0.4, 0.5) is 13.2 Å². The average Bonchev–Trinajstić information content (AvgIpc) is 2.25. The van der Waals surface area contributed by atoms with Crippen molar-refractivity contribution in [2.24, 2.45) is 23.2 Å². The summed E-state index contributed by atoms with van der Waals surface area (Å²) in [6, 6.07) is 0. The van der Waals surface area contributed by atoms with Gasteiger partial charge in [0.1, 0.15) is 0 Å². The fourth-order valence-electron chi connectivity index (χ4n) is 4.71. The van der Waals surface area contributed by atoms with Gasteiger partial charge in [-0.1, -0.05) is 0 Å². The van der Waals surface area contributed by atoms with Gasteiger partial charge in [0, 0.05) is 0 Å². The maximum atomic E-state index is 12.5. The topological polar surface area (TPSA) is 26.3 Å². The van der Waals surface area contributed by atoms with Gasteiger partial charge in [-0.3, -0.25) is 4.79 Å². The van der Waals surface area contributed by atoms with E-state index in [0.717, 1.165) is 45.4 Å². The van der Waals surface area contributed by atoms with Gasteiger partial charge in [0.25, 0.3) is 0 Å². The molecule has 4 saturated carbocycles. The molecule has 4 aliphatic rings. The molecule has 4 rings (SSSR count). The van der Waals surface area contributed by atoms with Gasteiger partial charge in [0.2, 0.25) is 0 Å². The number of carbonyl (C=O) groups is 1. The van der Waals surface area contributed by atoms with Crippen molar-refractivity contribution in [3.8, 4) is 0 Å². The first kappa shape index (κ1) is 13.3. The highest BCUT2D eigenvalue weighted by molar-refractivity contribution is 5.77. The largest absolute Gasteiger partial charge is 0.453 e. The lowest BCUT2D eigenvalue weighted by atomic mass is 9.49. The molecule has 0 spiro atoms. The number of alkyl halides is 3. The molecule has 1 unspecified atom stereocenters. The predicted molar refractivity (Wildman–Crippen MR) is 62.2 cm³/mol. The monoisotopic (exact) mass is 276 g/mol. The average molecular weight is 276 g/mol. The van der Waals surface area contributed by atoms with Gasteiger partial charge in [0.15, 0.2) is 6.10 Å². The molecule has 0 N–H and O–H groups in total. The zero-order chi connectivity index (χ0) is 13.8. The first-order valence-corrected chi connectivity index (χ1v) is 7.06. The highest BCUT2D eigenvalue weighted by Gasteiger charge is 2.56. The number of esters is 1. The molecule has 2 nitrogen and oxygen atoms in total. The number of rotatable bonds is 2. The molecule has 108 valence electrons. The van der Waals surface area contributed by atoms with Crippen LogP contribution in [-0.2, 0) is 9.53 Å². The predicted octanol–water partition coefficient (Wildman–Crippen LogP) is 3.70. The normalized spacial score (nSPS) is 42.2. The Kier molecular flexibility index (Phi) is 2.88. The molecule has 0 aliphatic heterocycles. The Morgan fingerprint density at radius 1 is 1.11 bits per heavy atom. The van der Waals surface area contributed by atoms with Gasteiger partial charge in [-0.25, -0.2) is 0 Å². The van der Waals surface area contributed by atoms with Gasteiger partial charge >= 0.3 is 12.1 Å². The minimum Gasteiger partial charge on any atom is -0.453 e. The molecule has 0 radical (unpaired) electrons. The van der Waals surface area contributed by atoms with Crippen molar-refractivity contribution in [2.75, 3.05) is 0 Å². The standard InChI is InChI=1S/C14H19F3O2/c1-8(14(15,16)17)19-12(18)13-5-9-2-10(6-13)4-11(3-9)7-13/h8-11H,2-7H2,1H3. The maximum Gasteiger partial charge on any atom is 0.425 e. The van der Waals surface area contributed by atoms with Crippen molar-refractivity contribution in [1.29, 1.82) is 0 Å². The van der Waals surface area contributed by atoms with E-state index in [0.29, 0.717) is 17.8 Å². The summed E-state index contributed by atoms with van der Waals surface area (Å²) < 4.78 is 42.2. The Labute approximate surface area is 110 Å². The molecule has 0 amide bonds. The van der Waals surface area contributed by atoms with E-state index < -0.39 is 23.7 Å². The van der Waals surface area contributed by atoms with Crippen molar-refractivity contribution in [2.45, 2.75) is 57.7 Å². The fraction of sp³-hybridized carbons (Fsp3) is 0.929. The van der Waals surface area contributed by atoms with Crippen LogP contribution in [0.3, 0.4) is 0 Å². The van der Waals surface area contributed by atoms with Crippen LogP contribution in [0, 0.1) is 23.2 Å². The van der Waals surface area contributed by atoms with Crippen LogP contribution in [0.15, 0.2) is 0 Å². The van der Waals surface area contributed by atoms with Gasteiger partial charge in [-0.2, -0.15) is 13.2 Å². The van der Waals surface area contributed by atoms with E-state index in [1.54, 1.807) is 0 Å².